The molecule has 0 bridgehead atoms. The van der Waals surface area contributed by atoms with E-state index in [2.05, 4.69) is 10.2 Å². The summed E-state index contributed by atoms with van der Waals surface area (Å²) in [6.45, 7) is 3.56. The van der Waals surface area contributed by atoms with Gasteiger partial charge in [-0.1, -0.05) is 12.1 Å². The average molecular weight is 373 g/mol. The lowest BCUT2D eigenvalue weighted by Crippen LogP contribution is -2.34. The molecule has 1 heterocycles. The standard InChI is InChI=1S/C19H18F3N5/c1-11-16-9-14(5-8-17(16)26-25-11)18(24)27(12(2)23)10-13-3-6-15(7-4-13)19(20,21)22/h3-9,23-24H,10H2,1-2H3,(H,25,26). The summed E-state index contributed by atoms with van der Waals surface area (Å²) in [7, 11) is 0. The number of H-pyrrole nitrogens is 1. The fraction of sp³-hybridized carbons (Fsp3) is 0.211. The molecule has 5 nitrogen and oxygen atoms in total. The Bertz CT molecular complexity index is 1000. The van der Waals surface area contributed by atoms with Crippen molar-refractivity contribution in [2.45, 2.75) is 26.6 Å². The van der Waals surface area contributed by atoms with Gasteiger partial charge in [0.05, 0.1) is 23.5 Å². The van der Waals surface area contributed by atoms with E-state index in [1.807, 2.05) is 13.0 Å². The second-order valence-electron chi connectivity index (χ2n) is 6.30. The van der Waals surface area contributed by atoms with Crippen LogP contribution in [0.3, 0.4) is 0 Å². The van der Waals surface area contributed by atoms with Crippen molar-refractivity contribution in [2.75, 3.05) is 0 Å². The number of nitrogens with zero attached hydrogens (tertiary/aromatic N) is 2. The molecule has 0 atom stereocenters. The summed E-state index contributed by atoms with van der Waals surface area (Å²) < 4.78 is 38.1. The summed E-state index contributed by atoms with van der Waals surface area (Å²) in [6, 6.07) is 10.1. The van der Waals surface area contributed by atoms with E-state index in [0.29, 0.717) is 11.1 Å². The first kappa shape index (κ1) is 18.6. The lowest BCUT2D eigenvalue weighted by molar-refractivity contribution is -0.137. The Hall–Kier alpha value is -3.16. The van der Waals surface area contributed by atoms with Gasteiger partial charge in [0.1, 0.15) is 5.84 Å². The molecule has 0 saturated heterocycles. The highest BCUT2D eigenvalue weighted by Crippen LogP contribution is 2.29. The lowest BCUT2D eigenvalue weighted by Gasteiger charge is -2.24. The summed E-state index contributed by atoms with van der Waals surface area (Å²) in [5.41, 5.74) is 2.12. The number of nitrogens with one attached hydrogen (secondary N) is 3. The van der Waals surface area contributed by atoms with Crippen molar-refractivity contribution in [1.29, 1.82) is 10.8 Å². The van der Waals surface area contributed by atoms with E-state index >= 15 is 0 Å². The molecule has 0 aliphatic rings. The molecular formula is C19H18F3N5. The molecule has 0 spiro atoms. The third kappa shape index (κ3) is 3.84. The van der Waals surface area contributed by atoms with Gasteiger partial charge in [-0.2, -0.15) is 18.3 Å². The third-order valence-electron chi connectivity index (χ3n) is 4.31. The molecule has 0 fully saturated rings. The number of alkyl halides is 3. The number of aromatic nitrogens is 2. The molecule has 3 rings (SSSR count). The van der Waals surface area contributed by atoms with Crippen LogP contribution in [0.4, 0.5) is 13.2 Å². The van der Waals surface area contributed by atoms with E-state index in [9.17, 15) is 13.2 Å². The topological polar surface area (TPSA) is 79.6 Å². The van der Waals surface area contributed by atoms with Crippen LogP contribution in [-0.4, -0.2) is 26.8 Å². The maximum atomic E-state index is 12.7. The van der Waals surface area contributed by atoms with Gasteiger partial charge in [-0.15, -0.1) is 0 Å². The van der Waals surface area contributed by atoms with Crippen LogP contribution in [0.25, 0.3) is 10.9 Å². The highest BCUT2D eigenvalue weighted by atomic mass is 19.4. The van der Waals surface area contributed by atoms with Gasteiger partial charge in [-0.05, 0) is 49.7 Å². The Kier molecular flexibility index (Phi) is 4.73. The summed E-state index contributed by atoms with van der Waals surface area (Å²) in [5.74, 6) is 0.230. The van der Waals surface area contributed by atoms with Crippen molar-refractivity contribution in [1.82, 2.24) is 15.1 Å². The van der Waals surface area contributed by atoms with Gasteiger partial charge in [0.25, 0.3) is 0 Å². The van der Waals surface area contributed by atoms with Crippen LogP contribution in [0.5, 0.6) is 0 Å². The molecule has 27 heavy (non-hydrogen) atoms. The van der Waals surface area contributed by atoms with Crippen LogP contribution in [0.2, 0.25) is 0 Å². The quantitative estimate of drug-likeness (QED) is 0.459. The zero-order chi connectivity index (χ0) is 19.8. The molecule has 8 heteroatoms. The van der Waals surface area contributed by atoms with E-state index in [1.54, 1.807) is 19.1 Å². The van der Waals surface area contributed by atoms with Crippen molar-refractivity contribution < 1.29 is 13.2 Å². The normalized spacial score (nSPS) is 11.6. The van der Waals surface area contributed by atoms with Crippen molar-refractivity contribution >= 4 is 22.6 Å². The minimum atomic E-state index is -4.39. The number of aryl methyl sites for hydroxylation is 1. The number of benzene rings is 2. The monoisotopic (exact) mass is 373 g/mol. The van der Waals surface area contributed by atoms with Crippen molar-refractivity contribution in [2.24, 2.45) is 0 Å². The zero-order valence-electron chi connectivity index (χ0n) is 14.8. The molecule has 0 aliphatic heterocycles. The Morgan fingerprint density at radius 2 is 1.78 bits per heavy atom. The van der Waals surface area contributed by atoms with E-state index in [-0.39, 0.29) is 18.2 Å². The van der Waals surface area contributed by atoms with Crippen LogP contribution in [-0.2, 0) is 12.7 Å². The molecule has 0 amide bonds. The highest BCUT2D eigenvalue weighted by Gasteiger charge is 2.30. The first-order chi connectivity index (χ1) is 12.7. The van der Waals surface area contributed by atoms with Gasteiger partial charge in [0.15, 0.2) is 0 Å². The highest BCUT2D eigenvalue weighted by molar-refractivity contribution is 6.07. The fourth-order valence-electron chi connectivity index (χ4n) is 2.79. The van der Waals surface area contributed by atoms with Gasteiger partial charge >= 0.3 is 6.18 Å². The minimum Gasteiger partial charge on any atom is -0.311 e. The van der Waals surface area contributed by atoms with Gasteiger partial charge in [-0.25, -0.2) is 0 Å². The van der Waals surface area contributed by atoms with E-state index in [0.717, 1.165) is 28.7 Å². The van der Waals surface area contributed by atoms with Crippen LogP contribution >= 0.6 is 0 Å². The molecule has 0 aliphatic carbocycles. The van der Waals surface area contributed by atoms with E-state index in [4.69, 9.17) is 10.8 Å². The molecule has 0 saturated carbocycles. The predicted molar refractivity (Wildman–Crippen MR) is 98.0 cm³/mol. The van der Waals surface area contributed by atoms with Crippen LogP contribution in [0.15, 0.2) is 42.5 Å². The number of amidine groups is 2. The SMILES string of the molecule is CC(=N)N(Cc1ccc(C(F)(F)F)cc1)C(=N)c1ccc2n[nH]c(C)c2c1. The molecule has 1 aromatic heterocycles. The van der Waals surface area contributed by atoms with E-state index in [1.165, 1.54) is 17.0 Å². The van der Waals surface area contributed by atoms with Crippen molar-refractivity contribution in [3.05, 3.63) is 64.8 Å². The maximum Gasteiger partial charge on any atom is 0.416 e. The largest absolute Gasteiger partial charge is 0.416 e. The predicted octanol–water partition coefficient (Wildman–Crippen LogP) is 4.71. The Morgan fingerprint density at radius 1 is 1.11 bits per heavy atom. The molecule has 3 aromatic rings. The van der Waals surface area contributed by atoms with Crippen molar-refractivity contribution in [3.8, 4) is 0 Å². The molecule has 0 radical (unpaired) electrons. The molecule has 0 unspecified atom stereocenters. The molecule has 2 aromatic carbocycles. The summed E-state index contributed by atoms with van der Waals surface area (Å²) in [5, 5.41) is 24.4. The lowest BCUT2D eigenvalue weighted by atomic mass is 10.1. The van der Waals surface area contributed by atoms with Crippen LogP contribution < -0.4 is 0 Å². The van der Waals surface area contributed by atoms with Gasteiger partial charge in [0.2, 0.25) is 0 Å². The first-order valence-corrected chi connectivity index (χ1v) is 8.19. The summed E-state index contributed by atoms with van der Waals surface area (Å²) in [4.78, 5) is 1.44. The second kappa shape index (κ2) is 6.86. The molecule has 140 valence electrons. The van der Waals surface area contributed by atoms with Crippen LogP contribution in [0, 0.1) is 17.7 Å². The Balaban J connectivity index is 1.87. The van der Waals surface area contributed by atoms with Gasteiger partial charge in [0, 0.05) is 16.6 Å². The van der Waals surface area contributed by atoms with Crippen molar-refractivity contribution in [3.63, 3.8) is 0 Å². The smallest absolute Gasteiger partial charge is 0.311 e. The molecular weight excluding hydrogens is 355 g/mol. The Labute approximate surface area is 153 Å². The first-order valence-electron chi connectivity index (χ1n) is 8.19. The number of aromatic amines is 1. The minimum absolute atomic E-state index is 0.102. The zero-order valence-corrected chi connectivity index (χ0v) is 14.8. The number of hydrogen-bond donors (Lipinski definition) is 3. The van der Waals surface area contributed by atoms with E-state index < -0.39 is 11.7 Å². The number of rotatable bonds is 3. The number of fused-ring (bicyclic) bond motifs is 1. The van der Waals surface area contributed by atoms with Gasteiger partial charge < -0.3 is 4.90 Å². The molecule has 3 N–H and O–H groups in total. The second-order valence-corrected chi connectivity index (χ2v) is 6.30. The summed E-state index contributed by atoms with van der Waals surface area (Å²) >= 11 is 0. The third-order valence-corrected chi connectivity index (χ3v) is 4.31. The fourth-order valence-corrected chi connectivity index (χ4v) is 2.79. The summed E-state index contributed by atoms with van der Waals surface area (Å²) in [6.07, 6.45) is -4.39. The Morgan fingerprint density at radius 3 is 2.37 bits per heavy atom. The van der Waals surface area contributed by atoms with Crippen LogP contribution in [0.1, 0.15) is 29.3 Å². The maximum absolute atomic E-state index is 12.7. The van der Waals surface area contributed by atoms with Gasteiger partial charge in [-0.3, -0.25) is 15.9 Å². The average Bonchev–Trinajstić information content (AvgIpc) is 2.99. The number of halogens is 3. The number of hydrogen-bond acceptors (Lipinski definition) is 3.